The number of carbonyl (C=O) groups is 2. The van der Waals surface area contributed by atoms with Crippen LogP contribution in [0.3, 0.4) is 0 Å². The number of benzene rings is 1. The van der Waals surface area contributed by atoms with Crippen LogP contribution in [0, 0.1) is 5.92 Å². The lowest BCUT2D eigenvalue weighted by atomic mass is 9.95. The van der Waals surface area contributed by atoms with Gasteiger partial charge in [0.05, 0.1) is 5.92 Å². The first-order valence-electron chi connectivity index (χ1n) is 9.59. The smallest absolute Gasteiger partial charge is 0.317 e. The topological polar surface area (TPSA) is 61.4 Å². The Morgan fingerprint density at radius 3 is 2.52 bits per heavy atom. The summed E-state index contributed by atoms with van der Waals surface area (Å²) < 4.78 is 0. The van der Waals surface area contributed by atoms with Crippen molar-refractivity contribution in [1.29, 1.82) is 0 Å². The van der Waals surface area contributed by atoms with Gasteiger partial charge in [-0.1, -0.05) is 49.6 Å². The molecule has 2 fully saturated rings. The molecule has 2 N–H and O–H groups in total. The zero-order valence-electron chi connectivity index (χ0n) is 14.9. The van der Waals surface area contributed by atoms with Gasteiger partial charge in [-0.05, 0) is 31.2 Å². The van der Waals surface area contributed by atoms with Gasteiger partial charge in [-0.3, -0.25) is 4.79 Å². The Morgan fingerprint density at radius 2 is 1.76 bits per heavy atom. The van der Waals surface area contributed by atoms with E-state index in [0.29, 0.717) is 19.1 Å². The average Bonchev–Trinajstić information content (AvgIpc) is 2.68. The third kappa shape index (κ3) is 5.21. The van der Waals surface area contributed by atoms with Crippen molar-refractivity contribution in [3.63, 3.8) is 0 Å². The number of carbonyl (C=O) groups excluding carboxylic acids is 2. The summed E-state index contributed by atoms with van der Waals surface area (Å²) in [5.41, 5.74) is 1.10. The average molecular weight is 343 g/mol. The van der Waals surface area contributed by atoms with Gasteiger partial charge in [0.2, 0.25) is 5.91 Å². The monoisotopic (exact) mass is 343 g/mol. The molecule has 3 rings (SSSR count). The molecule has 1 aliphatic carbocycles. The number of amides is 3. The lowest BCUT2D eigenvalue weighted by Gasteiger charge is -2.34. The molecule has 5 nitrogen and oxygen atoms in total. The van der Waals surface area contributed by atoms with Crippen LogP contribution in [-0.4, -0.2) is 36.0 Å². The second kappa shape index (κ2) is 8.88. The Morgan fingerprint density at radius 1 is 1.00 bits per heavy atom. The molecule has 3 amide bonds. The van der Waals surface area contributed by atoms with Crippen molar-refractivity contribution in [2.24, 2.45) is 5.92 Å². The van der Waals surface area contributed by atoms with Crippen molar-refractivity contribution in [3.05, 3.63) is 35.9 Å². The fourth-order valence-electron chi connectivity index (χ4n) is 3.82. The highest BCUT2D eigenvalue weighted by Crippen LogP contribution is 2.20. The minimum Gasteiger partial charge on any atom is -0.352 e. The van der Waals surface area contributed by atoms with E-state index < -0.39 is 0 Å². The summed E-state index contributed by atoms with van der Waals surface area (Å²) in [6.45, 7) is 1.82. The maximum Gasteiger partial charge on any atom is 0.317 e. The molecule has 25 heavy (non-hydrogen) atoms. The van der Waals surface area contributed by atoms with Gasteiger partial charge in [-0.25, -0.2) is 4.79 Å². The van der Waals surface area contributed by atoms with E-state index >= 15 is 0 Å². The Balaban J connectivity index is 1.46. The van der Waals surface area contributed by atoms with Crippen molar-refractivity contribution in [2.45, 2.75) is 57.5 Å². The number of nitrogens with one attached hydrogen (secondary N) is 2. The first-order valence-corrected chi connectivity index (χ1v) is 9.59. The molecule has 0 bridgehead atoms. The molecule has 1 saturated carbocycles. The van der Waals surface area contributed by atoms with E-state index in [-0.39, 0.29) is 17.9 Å². The van der Waals surface area contributed by atoms with Crippen molar-refractivity contribution >= 4 is 11.9 Å². The van der Waals surface area contributed by atoms with Gasteiger partial charge in [0, 0.05) is 25.7 Å². The number of hydrogen-bond acceptors (Lipinski definition) is 2. The van der Waals surface area contributed by atoms with Gasteiger partial charge >= 0.3 is 6.03 Å². The molecular formula is C20H29N3O2. The summed E-state index contributed by atoms with van der Waals surface area (Å²) in [7, 11) is 0. The van der Waals surface area contributed by atoms with Crippen LogP contribution in [0.2, 0.25) is 0 Å². The zero-order valence-corrected chi connectivity index (χ0v) is 14.9. The molecule has 1 atom stereocenters. The summed E-state index contributed by atoms with van der Waals surface area (Å²) in [6.07, 6.45) is 7.60. The predicted octanol–water partition coefficient (Wildman–Crippen LogP) is 3.06. The first-order chi connectivity index (χ1) is 12.2. The summed E-state index contributed by atoms with van der Waals surface area (Å²) in [6, 6.07) is 10.2. The van der Waals surface area contributed by atoms with E-state index in [9.17, 15) is 9.59 Å². The number of likely N-dealkylation sites (tertiary alicyclic amines) is 1. The van der Waals surface area contributed by atoms with Gasteiger partial charge in [0.25, 0.3) is 0 Å². The van der Waals surface area contributed by atoms with Gasteiger partial charge in [0.15, 0.2) is 0 Å². The molecule has 1 heterocycles. The van der Waals surface area contributed by atoms with E-state index in [2.05, 4.69) is 10.6 Å². The highest BCUT2D eigenvalue weighted by Gasteiger charge is 2.29. The molecule has 1 aliphatic heterocycles. The fourth-order valence-corrected chi connectivity index (χ4v) is 3.82. The highest BCUT2D eigenvalue weighted by molar-refractivity contribution is 5.81. The van der Waals surface area contributed by atoms with Crippen LogP contribution in [0.5, 0.6) is 0 Å². The van der Waals surface area contributed by atoms with Crippen LogP contribution < -0.4 is 10.6 Å². The van der Waals surface area contributed by atoms with E-state index in [4.69, 9.17) is 0 Å². The Bertz CT molecular complexity index is 570. The summed E-state index contributed by atoms with van der Waals surface area (Å²) in [5.74, 6) is -0.0476. The third-order valence-corrected chi connectivity index (χ3v) is 5.32. The maximum absolute atomic E-state index is 12.5. The van der Waals surface area contributed by atoms with Gasteiger partial charge < -0.3 is 15.5 Å². The van der Waals surface area contributed by atoms with Crippen LogP contribution >= 0.6 is 0 Å². The molecule has 0 spiro atoms. The van der Waals surface area contributed by atoms with Crippen LogP contribution in [-0.2, 0) is 11.3 Å². The predicted molar refractivity (Wildman–Crippen MR) is 98.0 cm³/mol. The van der Waals surface area contributed by atoms with Gasteiger partial charge in [-0.15, -0.1) is 0 Å². The van der Waals surface area contributed by atoms with E-state index in [0.717, 1.165) is 37.8 Å². The maximum atomic E-state index is 12.5. The molecule has 0 radical (unpaired) electrons. The lowest BCUT2D eigenvalue weighted by molar-refractivity contribution is -0.126. The summed E-state index contributed by atoms with van der Waals surface area (Å²) in [4.78, 5) is 26.8. The lowest BCUT2D eigenvalue weighted by Crippen LogP contribution is -2.51. The number of hydrogen-bond donors (Lipinski definition) is 2. The van der Waals surface area contributed by atoms with Crippen molar-refractivity contribution in [2.75, 3.05) is 13.1 Å². The van der Waals surface area contributed by atoms with Crippen LogP contribution in [0.15, 0.2) is 30.3 Å². The number of rotatable bonds is 4. The second-order valence-corrected chi connectivity index (χ2v) is 7.27. The minimum absolute atomic E-state index is 0.00691. The van der Waals surface area contributed by atoms with Gasteiger partial charge in [0.1, 0.15) is 0 Å². The van der Waals surface area contributed by atoms with Crippen LogP contribution in [0.1, 0.15) is 50.5 Å². The van der Waals surface area contributed by atoms with Crippen molar-refractivity contribution < 1.29 is 9.59 Å². The van der Waals surface area contributed by atoms with E-state index in [1.165, 1.54) is 19.3 Å². The van der Waals surface area contributed by atoms with Crippen molar-refractivity contribution in [1.82, 2.24) is 15.5 Å². The molecule has 5 heteroatoms. The molecule has 136 valence electrons. The van der Waals surface area contributed by atoms with Crippen LogP contribution in [0.25, 0.3) is 0 Å². The summed E-state index contributed by atoms with van der Waals surface area (Å²) >= 11 is 0. The Hall–Kier alpha value is -2.04. The van der Waals surface area contributed by atoms with E-state index in [1.807, 2.05) is 35.2 Å². The quantitative estimate of drug-likeness (QED) is 0.883. The normalized spacial score (nSPS) is 21.6. The van der Waals surface area contributed by atoms with E-state index in [1.54, 1.807) is 0 Å². The molecular weight excluding hydrogens is 314 g/mol. The molecule has 2 aliphatic rings. The van der Waals surface area contributed by atoms with Crippen molar-refractivity contribution in [3.8, 4) is 0 Å². The molecule has 0 aromatic heterocycles. The summed E-state index contributed by atoms with van der Waals surface area (Å²) in [5, 5.41) is 6.17. The SMILES string of the molecule is O=C(NCc1ccccc1)[C@H]1CCCN(C(=O)NC2CCCCC2)C1. The molecule has 1 aromatic rings. The number of piperidine rings is 1. The Labute approximate surface area is 150 Å². The fraction of sp³-hybridized carbons (Fsp3) is 0.600. The molecule has 1 aromatic carbocycles. The Kier molecular flexibility index (Phi) is 6.31. The van der Waals surface area contributed by atoms with Crippen LogP contribution in [0.4, 0.5) is 4.79 Å². The standard InChI is InChI=1S/C20H29N3O2/c24-19(21-14-16-8-3-1-4-9-16)17-10-7-13-23(15-17)20(25)22-18-11-5-2-6-12-18/h1,3-4,8-9,17-18H,2,5-7,10-15H2,(H,21,24)(H,22,25)/t17-/m0/s1. The number of urea groups is 1. The molecule has 0 unspecified atom stereocenters. The third-order valence-electron chi connectivity index (χ3n) is 5.32. The minimum atomic E-state index is -0.102. The molecule has 1 saturated heterocycles. The second-order valence-electron chi connectivity index (χ2n) is 7.27. The first kappa shape index (κ1) is 17.8. The number of nitrogens with zero attached hydrogens (tertiary/aromatic N) is 1. The largest absolute Gasteiger partial charge is 0.352 e. The zero-order chi connectivity index (χ0) is 17.5. The van der Waals surface area contributed by atoms with Gasteiger partial charge in [-0.2, -0.15) is 0 Å². The highest BCUT2D eigenvalue weighted by atomic mass is 16.2.